The lowest BCUT2D eigenvalue weighted by Gasteiger charge is -2.23. The first kappa shape index (κ1) is 14.9. The van der Waals surface area contributed by atoms with Crippen molar-refractivity contribution in [2.45, 2.75) is 25.1 Å². The third kappa shape index (κ3) is 2.54. The molecule has 0 aliphatic heterocycles. The maximum atomic E-state index is 13.1. The molecule has 108 valence electrons. The molecule has 1 heterocycles. The van der Waals surface area contributed by atoms with E-state index in [0.717, 1.165) is 6.20 Å². The molecule has 1 aromatic heterocycles. The summed E-state index contributed by atoms with van der Waals surface area (Å²) in [6, 6.07) is -0.293. The van der Waals surface area contributed by atoms with Crippen LogP contribution in [0.15, 0.2) is 15.5 Å². The van der Waals surface area contributed by atoms with Crippen LogP contribution in [0.4, 0.5) is 13.2 Å². The van der Waals surface area contributed by atoms with Crippen LogP contribution in [0.2, 0.25) is 0 Å². The monoisotopic (exact) mass is 350 g/mol. The molecule has 0 amide bonds. The Morgan fingerprint density at radius 1 is 1.55 bits per heavy atom. The molecule has 20 heavy (non-hydrogen) atoms. The number of halogens is 4. The smallest absolute Gasteiger partial charge is 0.409 e. The molecular weight excluding hydrogens is 341 g/mol. The minimum absolute atomic E-state index is 0.0505. The molecule has 0 aromatic carbocycles. The molecule has 1 atom stereocenters. The number of methoxy groups -OCH3 is 1. The standard InChI is InChI=1S/C12H10BrF3N2O2/c1-20-9-7(4-17)11(19)18(5-8(9)13)10(6-2-3-6)12(14,15)16/h5-6,10H,2-3H2,1H3. The summed E-state index contributed by atoms with van der Waals surface area (Å²) in [7, 11) is 1.24. The number of alkyl halides is 3. The van der Waals surface area contributed by atoms with E-state index in [1.165, 1.54) is 7.11 Å². The Kier molecular flexibility index (Phi) is 3.82. The van der Waals surface area contributed by atoms with E-state index in [-0.39, 0.29) is 10.2 Å². The van der Waals surface area contributed by atoms with Crippen molar-refractivity contribution in [3.8, 4) is 11.8 Å². The molecule has 0 bridgehead atoms. The SMILES string of the molecule is COc1c(Br)cn(C(C2CC2)C(F)(F)F)c(=O)c1C#N. The van der Waals surface area contributed by atoms with Gasteiger partial charge in [0.15, 0.2) is 11.3 Å². The van der Waals surface area contributed by atoms with Crippen LogP contribution < -0.4 is 10.3 Å². The van der Waals surface area contributed by atoms with Crippen molar-refractivity contribution < 1.29 is 17.9 Å². The van der Waals surface area contributed by atoms with Crippen LogP contribution in [0, 0.1) is 17.2 Å². The van der Waals surface area contributed by atoms with Crippen LogP contribution in [-0.2, 0) is 0 Å². The van der Waals surface area contributed by atoms with Crippen LogP contribution in [0.25, 0.3) is 0 Å². The number of pyridine rings is 1. The summed E-state index contributed by atoms with van der Waals surface area (Å²) in [5.74, 6) is -0.662. The van der Waals surface area contributed by atoms with Crippen LogP contribution in [0.3, 0.4) is 0 Å². The van der Waals surface area contributed by atoms with Gasteiger partial charge in [0, 0.05) is 6.20 Å². The van der Waals surface area contributed by atoms with Crippen molar-refractivity contribution in [2.24, 2.45) is 5.92 Å². The number of nitriles is 1. The van der Waals surface area contributed by atoms with Crippen molar-refractivity contribution in [3.05, 3.63) is 26.6 Å². The maximum absolute atomic E-state index is 13.1. The van der Waals surface area contributed by atoms with Crippen molar-refractivity contribution in [1.29, 1.82) is 5.26 Å². The molecule has 1 fully saturated rings. The summed E-state index contributed by atoms with van der Waals surface area (Å²) >= 11 is 3.03. The second-order valence-electron chi connectivity index (χ2n) is 4.53. The van der Waals surface area contributed by atoms with E-state index >= 15 is 0 Å². The number of hydrogen-bond donors (Lipinski definition) is 0. The highest BCUT2D eigenvalue weighted by Crippen LogP contribution is 2.48. The molecule has 1 saturated carbocycles. The van der Waals surface area contributed by atoms with Crippen LogP contribution in [-0.4, -0.2) is 17.9 Å². The Labute approximate surface area is 120 Å². The molecule has 0 radical (unpaired) electrons. The summed E-state index contributed by atoms with van der Waals surface area (Å²) in [6.07, 6.45) is -2.66. The van der Waals surface area contributed by atoms with Gasteiger partial charge in [0.2, 0.25) is 0 Å². The van der Waals surface area contributed by atoms with Gasteiger partial charge in [-0.1, -0.05) is 0 Å². The van der Waals surface area contributed by atoms with E-state index in [1.807, 2.05) is 0 Å². The fraction of sp³-hybridized carbons (Fsp3) is 0.500. The number of ether oxygens (including phenoxy) is 1. The Morgan fingerprint density at radius 2 is 2.15 bits per heavy atom. The predicted octanol–water partition coefficient (Wildman–Crippen LogP) is 3.00. The molecule has 2 rings (SSSR count). The summed E-state index contributed by atoms with van der Waals surface area (Å²) in [4.78, 5) is 12.1. The predicted molar refractivity (Wildman–Crippen MR) is 67.5 cm³/mol. The zero-order chi connectivity index (χ0) is 15.1. The number of rotatable bonds is 3. The van der Waals surface area contributed by atoms with Gasteiger partial charge in [-0.25, -0.2) is 0 Å². The van der Waals surface area contributed by atoms with Gasteiger partial charge >= 0.3 is 6.18 Å². The van der Waals surface area contributed by atoms with Crippen molar-refractivity contribution in [3.63, 3.8) is 0 Å². The molecule has 1 aliphatic rings. The van der Waals surface area contributed by atoms with Crippen LogP contribution in [0.5, 0.6) is 5.75 Å². The van der Waals surface area contributed by atoms with E-state index in [1.54, 1.807) is 6.07 Å². The lowest BCUT2D eigenvalue weighted by atomic mass is 10.1. The van der Waals surface area contributed by atoms with Gasteiger partial charge in [0.05, 0.1) is 11.6 Å². The minimum atomic E-state index is -4.54. The molecule has 1 unspecified atom stereocenters. The summed E-state index contributed by atoms with van der Waals surface area (Å²) in [5.41, 5.74) is -1.42. The third-order valence-corrected chi connectivity index (χ3v) is 3.73. The zero-order valence-electron chi connectivity index (χ0n) is 10.4. The third-order valence-electron chi connectivity index (χ3n) is 3.16. The molecule has 1 aliphatic carbocycles. The summed E-state index contributed by atoms with van der Waals surface area (Å²) in [5, 5.41) is 8.97. The summed E-state index contributed by atoms with van der Waals surface area (Å²) < 4.78 is 45.0. The normalized spacial score (nSPS) is 16.6. The topological polar surface area (TPSA) is 55.0 Å². The van der Waals surface area contributed by atoms with Crippen LogP contribution in [0.1, 0.15) is 24.4 Å². The quantitative estimate of drug-likeness (QED) is 0.841. The average molecular weight is 351 g/mol. The molecule has 0 spiro atoms. The van der Waals surface area contributed by atoms with Crippen molar-refractivity contribution in [1.82, 2.24) is 4.57 Å². The largest absolute Gasteiger partial charge is 0.494 e. The minimum Gasteiger partial charge on any atom is -0.494 e. The lowest BCUT2D eigenvalue weighted by Crippen LogP contribution is -2.36. The number of hydrogen-bond acceptors (Lipinski definition) is 3. The molecule has 8 heteroatoms. The second kappa shape index (κ2) is 5.13. The summed E-state index contributed by atoms with van der Waals surface area (Å²) in [6.45, 7) is 0. The second-order valence-corrected chi connectivity index (χ2v) is 5.39. The van der Waals surface area contributed by atoms with Crippen LogP contribution >= 0.6 is 15.9 Å². The highest BCUT2D eigenvalue weighted by Gasteiger charge is 2.50. The number of aromatic nitrogens is 1. The maximum Gasteiger partial charge on any atom is 0.409 e. The van der Waals surface area contributed by atoms with Gasteiger partial charge in [-0.05, 0) is 34.7 Å². The van der Waals surface area contributed by atoms with E-state index in [0.29, 0.717) is 17.4 Å². The molecule has 4 nitrogen and oxygen atoms in total. The van der Waals surface area contributed by atoms with Gasteiger partial charge in [0.1, 0.15) is 12.1 Å². The number of nitrogens with zero attached hydrogens (tertiary/aromatic N) is 2. The van der Waals surface area contributed by atoms with E-state index in [4.69, 9.17) is 10.00 Å². The van der Waals surface area contributed by atoms with Gasteiger partial charge in [-0.15, -0.1) is 0 Å². The Hall–Kier alpha value is -1.49. The highest BCUT2D eigenvalue weighted by molar-refractivity contribution is 9.10. The average Bonchev–Trinajstić information content (AvgIpc) is 3.15. The Bertz CT molecular complexity index is 629. The van der Waals surface area contributed by atoms with E-state index in [9.17, 15) is 18.0 Å². The van der Waals surface area contributed by atoms with Gasteiger partial charge in [0.25, 0.3) is 5.56 Å². The first-order valence-corrected chi connectivity index (χ1v) is 6.56. The van der Waals surface area contributed by atoms with Gasteiger partial charge < -0.3 is 9.30 Å². The molecular formula is C12H10BrF3N2O2. The van der Waals surface area contributed by atoms with E-state index in [2.05, 4.69) is 15.9 Å². The molecule has 0 N–H and O–H groups in total. The first-order valence-electron chi connectivity index (χ1n) is 5.76. The molecule has 0 saturated heterocycles. The lowest BCUT2D eigenvalue weighted by molar-refractivity contribution is -0.173. The Balaban J connectivity index is 2.66. The Morgan fingerprint density at radius 3 is 2.55 bits per heavy atom. The van der Waals surface area contributed by atoms with Crippen molar-refractivity contribution >= 4 is 15.9 Å². The first-order chi connectivity index (χ1) is 9.31. The fourth-order valence-electron chi connectivity index (χ4n) is 2.15. The van der Waals surface area contributed by atoms with Gasteiger partial charge in [-0.2, -0.15) is 18.4 Å². The fourth-order valence-corrected chi connectivity index (χ4v) is 2.73. The highest BCUT2D eigenvalue weighted by atomic mass is 79.9. The van der Waals surface area contributed by atoms with E-state index < -0.39 is 29.3 Å². The molecule has 1 aromatic rings. The van der Waals surface area contributed by atoms with Crippen molar-refractivity contribution in [2.75, 3.05) is 7.11 Å². The van der Waals surface area contributed by atoms with Gasteiger partial charge in [-0.3, -0.25) is 4.79 Å². The zero-order valence-corrected chi connectivity index (χ0v) is 12.0.